The second kappa shape index (κ2) is 20.7. The summed E-state index contributed by atoms with van der Waals surface area (Å²) in [5.41, 5.74) is 5.26. The van der Waals surface area contributed by atoms with Gasteiger partial charge < -0.3 is 34.3 Å². The third kappa shape index (κ3) is 11.3. The van der Waals surface area contributed by atoms with Gasteiger partial charge in [-0.3, -0.25) is 32.5 Å². The highest BCUT2D eigenvalue weighted by Gasteiger charge is 2.49. The average molecular weight is 912 g/mol. The van der Waals surface area contributed by atoms with Crippen molar-refractivity contribution in [1.82, 2.24) is 29.1 Å². The number of nitrogens with zero attached hydrogens (tertiary/aromatic N) is 5. The lowest BCUT2D eigenvalue weighted by molar-refractivity contribution is -0.0893. The molecule has 0 radical (unpaired) electrons. The molecule has 0 spiro atoms. The van der Waals surface area contributed by atoms with Gasteiger partial charge >= 0.3 is 28.2 Å². The first kappa shape index (κ1) is 45.5. The number of rotatable bonds is 21. The first-order valence-electron chi connectivity index (χ1n) is 17.8. The number of H-pyrrole nitrogens is 1. The van der Waals surface area contributed by atoms with E-state index in [4.69, 9.17) is 43.0 Å². The summed E-state index contributed by atoms with van der Waals surface area (Å²) in [6.45, 7) is -1.40. The van der Waals surface area contributed by atoms with Gasteiger partial charge in [-0.15, -0.1) is 11.8 Å². The van der Waals surface area contributed by atoms with Gasteiger partial charge in [-0.2, -0.15) is 0 Å². The predicted molar refractivity (Wildman–Crippen MR) is 210 cm³/mol. The Morgan fingerprint density at radius 1 is 1.10 bits per heavy atom. The quantitative estimate of drug-likeness (QED) is 0.0310. The first-order chi connectivity index (χ1) is 29.3. The van der Waals surface area contributed by atoms with E-state index in [-0.39, 0.29) is 29.5 Å². The number of alkyl halides is 2. The molecular formula is C35H37F2N7O14P2S. The van der Waals surface area contributed by atoms with Crippen LogP contribution in [0.1, 0.15) is 28.4 Å². The lowest BCUT2D eigenvalue weighted by Gasteiger charge is -2.29. The van der Waals surface area contributed by atoms with E-state index in [1.807, 2.05) is 4.98 Å². The topological polar surface area (TPSA) is 270 Å². The second-order valence-electron chi connectivity index (χ2n) is 12.8. The van der Waals surface area contributed by atoms with Gasteiger partial charge in [0.1, 0.15) is 35.6 Å². The first-order valence-corrected chi connectivity index (χ1v) is 21.2. The monoisotopic (exact) mass is 911 g/mol. The van der Waals surface area contributed by atoms with Crippen LogP contribution in [0.3, 0.4) is 0 Å². The molecule has 1 aliphatic heterocycles. The number of phosphoric acid groups is 1. The van der Waals surface area contributed by atoms with Crippen LogP contribution in [0.5, 0.6) is 11.5 Å². The molecule has 21 nitrogen and oxygen atoms in total. The number of thioether (sulfide) groups is 1. The highest BCUT2D eigenvalue weighted by molar-refractivity contribution is 7.98. The molecule has 1 fully saturated rings. The number of hydrogen-bond donors (Lipinski definition) is 3. The van der Waals surface area contributed by atoms with Crippen LogP contribution < -0.4 is 26.5 Å². The maximum Gasteiger partial charge on any atom is 0.474 e. The average Bonchev–Trinajstić information content (AvgIpc) is 3.82. The maximum atomic E-state index is 16.6. The summed E-state index contributed by atoms with van der Waals surface area (Å²) < 4.78 is 101. The van der Waals surface area contributed by atoms with Gasteiger partial charge in [0.25, 0.3) is 5.56 Å². The maximum absolute atomic E-state index is 16.6. The highest BCUT2D eigenvalue weighted by Crippen LogP contribution is 2.50. The number of nitrogen functional groups attached to an aromatic ring is 1. The number of phosphoric ester groups is 1. The highest BCUT2D eigenvalue weighted by atomic mass is 32.2. The molecular weight excluding hydrogens is 874 g/mol. The summed E-state index contributed by atoms with van der Waals surface area (Å²) in [5.74, 6) is 0.825. The molecule has 1 saturated heterocycles. The number of carbonyl (C=O) groups excluding carboxylic acids is 1. The van der Waals surface area contributed by atoms with Crippen LogP contribution in [0.4, 0.5) is 14.6 Å². The van der Waals surface area contributed by atoms with Crippen LogP contribution in [-0.2, 0) is 42.7 Å². The molecule has 1 unspecified atom stereocenters. The lowest BCUT2D eigenvalue weighted by Crippen LogP contribution is -2.37. The number of anilines is 1. The molecule has 1 aliphatic rings. The Bertz CT molecular complexity index is 2450. The zero-order valence-electron chi connectivity index (χ0n) is 31.9. The number of fused-ring (bicyclic) bond motifs is 1. The molecule has 326 valence electrons. The number of halogens is 2. The standard InChI is InChI=1S/C35H37F2N7O14P2S/c1-51-21-9-5-20(6-10-21)34(46)55-22-7-3-19(4-8-22)15-61-18-53-13-23(52-2)27(37)32(44-17-41-28-30(38)39-16-40-31(28)44)58-60(49,50)54-14-24-26(36)29(57-59-48)33(56-24)43-12-11-25(45)42-35(43)47/h3-12,16-17,23-24,26-27,29,32-33H,13-15,18H2,1-2H3,(H,49,50)(H2,38,39,40)(H,42,45,47)/t23-,24-,26-,27-,29-,32-,33-/m1/s1. The van der Waals surface area contributed by atoms with E-state index in [1.165, 1.54) is 26.0 Å². The van der Waals surface area contributed by atoms with E-state index in [2.05, 4.69) is 15.0 Å². The van der Waals surface area contributed by atoms with Crippen molar-refractivity contribution < 1.29 is 64.9 Å². The molecule has 0 saturated carbocycles. The van der Waals surface area contributed by atoms with E-state index in [1.54, 1.807) is 48.5 Å². The van der Waals surface area contributed by atoms with E-state index in [9.17, 15) is 28.4 Å². The minimum Gasteiger partial charge on any atom is -0.497 e. The molecule has 0 amide bonds. The molecule has 3 aromatic heterocycles. The number of nitrogens with one attached hydrogen (secondary N) is 1. The number of aromatic nitrogens is 6. The van der Waals surface area contributed by atoms with Crippen molar-refractivity contribution in [1.29, 1.82) is 0 Å². The van der Waals surface area contributed by atoms with Crippen LogP contribution in [-0.4, -0.2) is 104 Å². The normalized spacial score (nSPS) is 20.3. The summed E-state index contributed by atoms with van der Waals surface area (Å²) >= 11 is 1.33. The Morgan fingerprint density at radius 3 is 2.52 bits per heavy atom. The summed E-state index contributed by atoms with van der Waals surface area (Å²) in [6.07, 6.45) is -9.93. The van der Waals surface area contributed by atoms with Crippen LogP contribution in [0.2, 0.25) is 0 Å². The number of benzene rings is 2. The van der Waals surface area contributed by atoms with E-state index < -0.39 is 83.4 Å². The number of ether oxygens (including phenoxy) is 5. The van der Waals surface area contributed by atoms with Gasteiger partial charge in [0.2, 0.25) is 0 Å². The molecule has 26 heteroatoms. The number of aromatic amines is 1. The number of carbonyl (C=O) groups is 1. The SMILES string of the molecule is COc1ccc(C(=O)Oc2ccc(CSCOC[C@@H](OC)[C@@H](F)[C@@H](OP(=O)(O)OC[C@H]3O[C@@H](n4ccc(=O)[nH]c4=O)[C@H](OP=O)[C@@H]3F)n3cnc4c(N)ncnc43)cc2)cc1. The summed E-state index contributed by atoms with van der Waals surface area (Å²) in [5, 5.41) is 0. The minimum absolute atomic E-state index is 0.00825. The van der Waals surface area contributed by atoms with Gasteiger partial charge in [-0.25, -0.2) is 42.5 Å². The smallest absolute Gasteiger partial charge is 0.474 e. The number of methoxy groups -OCH3 is 2. The number of imidazole rings is 1. The fourth-order valence-corrected chi connectivity index (χ4v) is 7.83. The molecule has 6 rings (SSSR count). The number of esters is 1. The van der Waals surface area contributed by atoms with E-state index in [0.29, 0.717) is 22.8 Å². The Hall–Kier alpha value is -5.00. The predicted octanol–water partition coefficient (Wildman–Crippen LogP) is 3.91. The van der Waals surface area contributed by atoms with Crippen LogP contribution in [0.15, 0.2) is 83.0 Å². The number of hydrogen-bond acceptors (Lipinski definition) is 18. The third-order valence-corrected chi connectivity index (χ3v) is 11.1. The summed E-state index contributed by atoms with van der Waals surface area (Å²) in [4.78, 5) is 61.2. The van der Waals surface area contributed by atoms with Gasteiger partial charge in [0.15, 0.2) is 42.4 Å². The second-order valence-corrected chi connectivity index (χ2v) is 15.5. The molecule has 61 heavy (non-hydrogen) atoms. The van der Waals surface area contributed by atoms with Crippen molar-refractivity contribution in [3.8, 4) is 11.5 Å². The molecule has 5 aromatic rings. The fraction of sp³-hybridized carbons (Fsp3) is 0.371. The van der Waals surface area contributed by atoms with Gasteiger partial charge in [-0.05, 0) is 42.0 Å². The van der Waals surface area contributed by atoms with Crippen molar-refractivity contribution >= 4 is 51.2 Å². The van der Waals surface area contributed by atoms with Crippen LogP contribution in [0, 0.1) is 0 Å². The zero-order valence-corrected chi connectivity index (χ0v) is 34.5. The molecule has 4 heterocycles. The Morgan fingerprint density at radius 2 is 1.84 bits per heavy atom. The number of nitrogens with two attached hydrogens (primary N) is 1. The van der Waals surface area contributed by atoms with E-state index >= 15 is 8.78 Å². The zero-order chi connectivity index (χ0) is 43.7. The molecule has 0 aliphatic carbocycles. The van der Waals surface area contributed by atoms with Crippen molar-refractivity contribution in [2.45, 2.75) is 48.9 Å². The van der Waals surface area contributed by atoms with Crippen molar-refractivity contribution in [2.24, 2.45) is 0 Å². The van der Waals surface area contributed by atoms with Crippen molar-refractivity contribution in [3.63, 3.8) is 0 Å². The largest absolute Gasteiger partial charge is 0.497 e. The molecule has 0 bridgehead atoms. The van der Waals surface area contributed by atoms with Crippen molar-refractivity contribution in [3.05, 3.63) is 105 Å². The van der Waals surface area contributed by atoms with Crippen LogP contribution in [0.25, 0.3) is 11.2 Å². The van der Waals surface area contributed by atoms with E-state index in [0.717, 1.165) is 39.6 Å². The van der Waals surface area contributed by atoms with Gasteiger partial charge in [0.05, 0.1) is 38.2 Å². The molecule has 2 aromatic carbocycles. The molecule has 4 N–H and O–H groups in total. The molecule has 8 atom stereocenters. The minimum atomic E-state index is -5.37. The van der Waals surface area contributed by atoms with Gasteiger partial charge in [-0.1, -0.05) is 12.1 Å². The Labute approximate surface area is 349 Å². The Kier molecular flexibility index (Phi) is 15.5. The third-order valence-electron chi connectivity index (χ3n) is 8.97. The van der Waals surface area contributed by atoms with Gasteiger partial charge in [0, 0.05) is 25.1 Å². The van der Waals surface area contributed by atoms with Crippen LogP contribution >= 0.6 is 28.3 Å². The lowest BCUT2D eigenvalue weighted by atomic mass is 10.1. The summed E-state index contributed by atoms with van der Waals surface area (Å²) in [6, 6.07) is 14.2. The van der Waals surface area contributed by atoms with Crippen molar-refractivity contribution in [2.75, 3.05) is 39.1 Å². The Balaban J connectivity index is 1.07. The summed E-state index contributed by atoms with van der Waals surface area (Å²) in [7, 11) is -3.66. The fourth-order valence-electron chi connectivity index (χ4n) is 5.90.